The molecule has 13 nitrogen and oxygen atoms in total. The van der Waals surface area contributed by atoms with Gasteiger partial charge in [-0.3, -0.25) is 4.90 Å². The molecule has 0 bridgehead atoms. The van der Waals surface area contributed by atoms with Crippen LogP contribution in [0.4, 0.5) is 16.3 Å². The van der Waals surface area contributed by atoms with E-state index in [0.29, 0.717) is 65.1 Å². The molecule has 0 saturated carbocycles. The highest BCUT2D eigenvalue weighted by Crippen LogP contribution is 2.34. The lowest BCUT2D eigenvalue weighted by Gasteiger charge is -2.27. The lowest BCUT2D eigenvalue weighted by atomic mass is 10.1. The van der Waals surface area contributed by atoms with Gasteiger partial charge in [0.25, 0.3) is 0 Å². The summed E-state index contributed by atoms with van der Waals surface area (Å²) in [6, 6.07) is 18.1. The van der Waals surface area contributed by atoms with Gasteiger partial charge in [-0.15, -0.1) is 11.3 Å². The molecule has 1 N–H and O–H groups in total. The van der Waals surface area contributed by atoms with Crippen LogP contribution in [-0.4, -0.2) is 119 Å². The van der Waals surface area contributed by atoms with Crippen molar-refractivity contribution in [3.8, 4) is 21.7 Å². The summed E-state index contributed by atoms with van der Waals surface area (Å²) in [5, 5.41) is 9.39. The Hall–Kier alpha value is -4.18. The Bertz CT molecular complexity index is 1660. The molecule has 0 spiro atoms. The Kier molecular flexibility index (Phi) is 15.5. The first-order chi connectivity index (χ1) is 24.5. The third-order valence-corrected chi connectivity index (χ3v) is 8.21. The van der Waals surface area contributed by atoms with E-state index in [9.17, 15) is 9.59 Å². The molecule has 0 radical (unpaired) electrons. The first-order valence-corrected chi connectivity index (χ1v) is 17.6. The summed E-state index contributed by atoms with van der Waals surface area (Å²) in [5.41, 5.74) is 4.02. The zero-order chi connectivity index (χ0) is 36.6. The van der Waals surface area contributed by atoms with Crippen molar-refractivity contribution >= 4 is 45.1 Å². The number of pyridine rings is 1. The number of aliphatic carboxylic acids is 1. The molecule has 51 heavy (non-hydrogen) atoms. The van der Waals surface area contributed by atoms with Crippen LogP contribution < -0.4 is 9.80 Å². The quantitative estimate of drug-likeness (QED) is 0.101. The van der Waals surface area contributed by atoms with E-state index in [4.69, 9.17) is 38.5 Å². The molecule has 14 heteroatoms. The highest BCUT2D eigenvalue weighted by molar-refractivity contribution is 7.21. The van der Waals surface area contributed by atoms with Crippen LogP contribution in [0.1, 0.15) is 20.8 Å². The number of carboxylic acid groups (broad SMARTS) is 1. The molecule has 0 atom stereocenters. The van der Waals surface area contributed by atoms with Crippen LogP contribution in [0.25, 0.3) is 31.9 Å². The van der Waals surface area contributed by atoms with Crippen molar-refractivity contribution in [3.05, 3.63) is 60.8 Å². The number of fused-ring (bicyclic) bond motifs is 1. The standard InChI is InChI=1S/C37H48N4O9S/c1-37(2,3)50-36(44)41(14-15-45-16-17-46-18-19-47-20-21-48-22-23-49-26-34(42)43)30-11-12-31-32(24-30)51-35(39-31)28-8-6-27(7-9-28)29-10-13-33(38-25-29)40(4)5/h6-13,24-25H,14-23,26H2,1-5H3,(H,42,43). The average molecular weight is 725 g/mol. The van der Waals surface area contributed by atoms with E-state index in [0.717, 1.165) is 37.7 Å². The van der Waals surface area contributed by atoms with Gasteiger partial charge in [-0.05, 0) is 56.7 Å². The minimum atomic E-state index is -1.01. The van der Waals surface area contributed by atoms with Crippen molar-refractivity contribution in [2.24, 2.45) is 0 Å². The van der Waals surface area contributed by atoms with E-state index in [1.165, 1.54) is 0 Å². The van der Waals surface area contributed by atoms with Crippen LogP contribution in [0.15, 0.2) is 60.8 Å². The second-order valence-corrected chi connectivity index (χ2v) is 13.6. The molecular weight excluding hydrogens is 676 g/mol. The van der Waals surface area contributed by atoms with E-state index >= 15 is 0 Å². The molecule has 2 aromatic carbocycles. The number of rotatable bonds is 21. The van der Waals surface area contributed by atoms with Gasteiger partial charge in [0.05, 0.1) is 76.2 Å². The molecule has 2 aromatic heterocycles. The summed E-state index contributed by atoms with van der Waals surface area (Å²) in [4.78, 5) is 36.6. The first-order valence-electron chi connectivity index (χ1n) is 16.8. The highest BCUT2D eigenvalue weighted by atomic mass is 32.1. The first kappa shape index (κ1) is 39.6. The summed E-state index contributed by atoms with van der Waals surface area (Å²) in [7, 11) is 3.94. The number of carboxylic acids is 1. The number of hydrogen-bond donors (Lipinski definition) is 1. The molecule has 276 valence electrons. The average Bonchev–Trinajstić information content (AvgIpc) is 3.52. The van der Waals surface area contributed by atoms with Gasteiger partial charge in [0.15, 0.2) is 0 Å². The predicted molar refractivity (Wildman–Crippen MR) is 198 cm³/mol. The molecule has 4 aromatic rings. The summed E-state index contributed by atoms with van der Waals surface area (Å²) < 4.78 is 33.7. The molecule has 4 rings (SSSR count). The lowest BCUT2D eigenvalue weighted by Crippen LogP contribution is -2.39. The minimum absolute atomic E-state index is 0.218. The normalized spacial score (nSPS) is 11.5. The molecule has 0 unspecified atom stereocenters. The number of anilines is 2. The zero-order valence-corrected chi connectivity index (χ0v) is 30.8. The van der Waals surface area contributed by atoms with Crippen molar-refractivity contribution < 1.29 is 43.1 Å². The summed E-state index contributed by atoms with van der Waals surface area (Å²) >= 11 is 1.57. The zero-order valence-electron chi connectivity index (χ0n) is 30.0. The van der Waals surface area contributed by atoms with E-state index in [1.54, 1.807) is 16.2 Å². The molecule has 2 heterocycles. The predicted octanol–water partition coefficient (Wildman–Crippen LogP) is 6.00. The number of amides is 1. The van der Waals surface area contributed by atoms with Gasteiger partial charge in [-0.25, -0.2) is 19.6 Å². The fraction of sp³-hybridized carbons (Fsp3) is 0.459. The van der Waals surface area contributed by atoms with Crippen LogP contribution in [0.5, 0.6) is 0 Å². The second-order valence-electron chi connectivity index (χ2n) is 12.6. The third-order valence-electron chi connectivity index (χ3n) is 7.14. The smallest absolute Gasteiger partial charge is 0.414 e. The molecule has 0 saturated heterocycles. The number of hydrogen-bond acceptors (Lipinski definition) is 12. The van der Waals surface area contributed by atoms with Gasteiger partial charge >= 0.3 is 12.1 Å². The highest BCUT2D eigenvalue weighted by Gasteiger charge is 2.24. The molecule has 0 fully saturated rings. The molecule has 0 aliphatic carbocycles. The van der Waals surface area contributed by atoms with Crippen molar-refractivity contribution in [1.82, 2.24) is 9.97 Å². The van der Waals surface area contributed by atoms with Gasteiger partial charge in [0.1, 0.15) is 23.0 Å². The number of benzene rings is 2. The maximum absolute atomic E-state index is 13.3. The molecule has 0 aliphatic heterocycles. The maximum Gasteiger partial charge on any atom is 0.414 e. The molecular formula is C37H48N4O9S. The van der Waals surface area contributed by atoms with Crippen LogP contribution in [0, 0.1) is 0 Å². The Morgan fingerprint density at radius 1 is 0.745 bits per heavy atom. The number of carbonyl (C=O) groups excluding carboxylic acids is 1. The van der Waals surface area contributed by atoms with Gasteiger partial charge < -0.3 is 38.4 Å². The van der Waals surface area contributed by atoms with Gasteiger partial charge in [-0.1, -0.05) is 24.3 Å². The van der Waals surface area contributed by atoms with Gasteiger partial charge in [0.2, 0.25) is 0 Å². The molecule has 1 amide bonds. The SMILES string of the molecule is CN(C)c1ccc(-c2ccc(-c3nc4ccc(N(CCOCCOCCOCCOCCOCC(=O)O)C(=O)OC(C)(C)C)cc4s3)cc2)cn1. The lowest BCUT2D eigenvalue weighted by molar-refractivity contribution is -0.142. The maximum atomic E-state index is 13.3. The summed E-state index contributed by atoms with van der Waals surface area (Å²) in [6.45, 7) is 8.61. The van der Waals surface area contributed by atoms with Crippen LogP contribution in [0.2, 0.25) is 0 Å². The van der Waals surface area contributed by atoms with Crippen molar-refractivity contribution in [2.45, 2.75) is 26.4 Å². The van der Waals surface area contributed by atoms with E-state index in [-0.39, 0.29) is 13.2 Å². The fourth-order valence-corrected chi connectivity index (χ4v) is 5.67. The van der Waals surface area contributed by atoms with Crippen molar-refractivity contribution in [1.29, 1.82) is 0 Å². The van der Waals surface area contributed by atoms with E-state index in [1.807, 2.05) is 70.2 Å². The fourth-order valence-electron chi connectivity index (χ4n) is 4.67. The summed E-state index contributed by atoms with van der Waals surface area (Å²) in [5.74, 6) is -0.0993. The Balaban J connectivity index is 1.25. The largest absolute Gasteiger partial charge is 0.480 e. The van der Waals surface area contributed by atoms with Crippen molar-refractivity contribution in [2.75, 3.05) is 96.5 Å². The second kappa shape index (κ2) is 20.0. The summed E-state index contributed by atoms with van der Waals surface area (Å²) in [6.07, 6.45) is 1.43. The number of ether oxygens (including phenoxy) is 6. The Morgan fingerprint density at radius 2 is 1.31 bits per heavy atom. The topological polar surface area (TPSA) is 142 Å². The van der Waals surface area contributed by atoms with E-state index < -0.39 is 17.7 Å². The van der Waals surface area contributed by atoms with E-state index in [2.05, 4.69) is 35.3 Å². The van der Waals surface area contributed by atoms with Gasteiger partial charge in [-0.2, -0.15) is 0 Å². The Morgan fingerprint density at radius 3 is 1.86 bits per heavy atom. The number of carbonyl (C=O) groups is 2. The van der Waals surface area contributed by atoms with Crippen LogP contribution in [0.3, 0.4) is 0 Å². The third kappa shape index (κ3) is 13.5. The van der Waals surface area contributed by atoms with Gasteiger partial charge in [0, 0.05) is 37.1 Å². The molecule has 0 aliphatic rings. The Labute approximate surface area is 303 Å². The monoisotopic (exact) mass is 724 g/mol. The van der Waals surface area contributed by atoms with Crippen LogP contribution in [-0.2, 0) is 33.2 Å². The number of thiazole rings is 1. The minimum Gasteiger partial charge on any atom is -0.480 e. The number of aromatic nitrogens is 2. The number of nitrogens with zero attached hydrogens (tertiary/aromatic N) is 4. The van der Waals surface area contributed by atoms with Crippen LogP contribution >= 0.6 is 11.3 Å². The van der Waals surface area contributed by atoms with Crippen molar-refractivity contribution in [3.63, 3.8) is 0 Å².